The van der Waals surface area contributed by atoms with Gasteiger partial charge in [0.15, 0.2) is 5.16 Å². The van der Waals surface area contributed by atoms with E-state index in [0.717, 1.165) is 42.0 Å². The number of aromatic nitrogens is 4. The molecule has 4 heterocycles. The second-order valence-electron chi connectivity index (χ2n) is 5.67. The molecule has 0 aliphatic carbocycles. The van der Waals surface area contributed by atoms with Gasteiger partial charge in [0.1, 0.15) is 0 Å². The third kappa shape index (κ3) is 2.77. The minimum atomic E-state index is -0.0148. The highest BCUT2D eigenvalue weighted by Gasteiger charge is 2.21. The standard InChI is InChI=1S/C16H17N5OS/c1-23-16-17-14-5-7-20(10-13(14)15(22)18-16)9-11-8-12-4-2-3-6-21(12)19-11/h2-4,6,8H,5,7,9-10H2,1H3,(H,17,18,22). The third-order valence-electron chi connectivity index (χ3n) is 4.13. The summed E-state index contributed by atoms with van der Waals surface area (Å²) < 4.78 is 1.88. The average Bonchev–Trinajstić information content (AvgIpc) is 2.97. The number of nitrogens with one attached hydrogen (secondary N) is 1. The van der Waals surface area contributed by atoms with Crippen molar-refractivity contribution < 1.29 is 0 Å². The maximum atomic E-state index is 12.2. The van der Waals surface area contributed by atoms with Crippen LogP contribution in [-0.2, 0) is 19.5 Å². The Kier molecular flexibility index (Phi) is 3.66. The lowest BCUT2D eigenvalue weighted by Gasteiger charge is -2.26. The van der Waals surface area contributed by atoms with E-state index in [0.29, 0.717) is 11.7 Å². The summed E-state index contributed by atoms with van der Waals surface area (Å²) in [5.41, 5.74) is 3.81. The fourth-order valence-electron chi connectivity index (χ4n) is 2.99. The van der Waals surface area contributed by atoms with E-state index < -0.39 is 0 Å². The van der Waals surface area contributed by atoms with Crippen LogP contribution in [0.3, 0.4) is 0 Å². The number of fused-ring (bicyclic) bond motifs is 2. The predicted molar refractivity (Wildman–Crippen MR) is 89.6 cm³/mol. The molecule has 7 heteroatoms. The first-order valence-electron chi connectivity index (χ1n) is 7.54. The molecule has 0 atom stereocenters. The van der Waals surface area contributed by atoms with Crippen LogP contribution < -0.4 is 5.56 Å². The summed E-state index contributed by atoms with van der Waals surface area (Å²) in [5.74, 6) is 0. The summed E-state index contributed by atoms with van der Waals surface area (Å²) in [6.07, 6.45) is 4.67. The topological polar surface area (TPSA) is 66.3 Å². The van der Waals surface area contributed by atoms with Crippen molar-refractivity contribution in [2.75, 3.05) is 12.8 Å². The Balaban J connectivity index is 1.57. The van der Waals surface area contributed by atoms with Crippen LogP contribution in [0, 0.1) is 0 Å². The zero-order valence-electron chi connectivity index (χ0n) is 12.8. The van der Waals surface area contributed by atoms with Gasteiger partial charge in [-0.3, -0.25) is 9.69 Å². The molecule has 3 aromatic rings. The van der Waals surface area contributed by atoms with Gasteiger partial charge in [0.25, 0.3) is 5.56 Å². The molecule has 0 spiro atoms. The summed E-state index contributed by atoms with van der Waals surface area (Å²) >= 11 is 1.47. The van der Waals surface area contributed by atoms with Crippen LogP contribution in [0.5, 0.6) is 0 Å². The van der Waals surface area contributed by atoms with E-state index in [1.807, 2.05) is 35.2 Å². The van der Waals surface area contributed by atoms with Crippen LogP contribution in [0.1, 0.15) is 17.0 Å². The highest BCUT2D eigenvalue weighted by Crippen LogP contribution is 2.18. The van der Waals surface area contributed by atoms with Gasteiger partial charge in [-0.2, -0.15) is 5.10 Å². The molecule has 0 unspecified atom stereocenters. The molecule has 0 fully saturated rings. The van der Waals surface area contributed by atoms with Crippen LogP contribution in [-0.4, -0.2) is 37.3 Å². The normalized spacial score (nSPS) is 15.0. The number of hydrogen-bond acceptors (Lipinski definition) is 5. The van der Waals surface area contributed by atoms with Crippen molar-refractivity contribution in [1.29, 1.82) is 0 Å². The van der Waals surface area contributed by atoms with Gasteiger partial charge in [0.2, 0.25) is 0 Å². The molecule has 118 valence electrons. The summed E-state index contributed by atoms with van der Waals surface area (Å²) in [4.78, 5) is 21.8. The van der Waals surface area contributed by atoms with Gasteiger partial charge in [0, 0.05) is 32.3 Å². The van der Waals surface area contributed by atoms with Crippen molar-refractivity contribution in [3.63, 3.8) is 0 Å². The van der Waals surface area contributed by atoms with Gasteiger partial charge in [0.05, 0.1) is 22.5 Å². The highest BCUT2D eigenvalue weighted by atomic mass is 32.2. The molecule has 3 aromatic heterocycles. The van der Waals surface area contributed by atoms with E-state index in [2.05, 4.69) is 26.0 Å². The molecule has 0 saturated heterocycles. The number of thioether (sulfide) groups is 1. The fraction of sp³-hybridized carbons (Fsp3) is 0.312. The molecule has 1 aliphatic rings. The van der Waals surface area contributed by atoms with Gasteiger partial charge in [-0.15, -0.1) is 0 Å². The number of aromatic amines is 1. The predicted octanol–water partition coefficient (Wildman–Crippen LogP) is 1.70. The molecule has 6 nitrogen and oxygen atoms in total. The fourth-order valence-corrected chi connectivity index (χ4v) is 3.38. The van der Waals surface area contributed by atoms with Crippen LogP contribution in [0.25, 0.3) is 5.52 Å². The minimum absolute atomic E-state index is 0.0148. The van der Waals surface area contributed by atoms with Crippen molar-refractivity contribution in [2.24, 2.45) is 0 Å². The van der Waals surface area contributed by atoms with Crippen molar-refractivity contribution in [3.05, 3.63) is 57.8 Å². The van der Waals surface area contributed by atoms with Gasteiger partial charge in [-0.25, -0.2) is 9.50 Å². The van der Waals surface area contributed by atoms with Crippen LogP contribution in [0.15, 0.2) is 40.4 Å². The van der Waals surface area contributed by atoms with Gasteiger partial charge < -0.3 is 4.98 Å². The van der Waals surface area contributed by atoms with Crippen molar-refractivity contribution >= 4 is 17.3 Å². The zero-order valence-corrected chi connectivity index (χ0v) is 13.6. The Morgan fingerprint density at radius 2 is 2.30 bits per heavy atom. The lowest BCUT2D eigenvalue weighted by molar-refractivity contribution is 0.238. The maximum Gasteiger partial charge on any atom is 0.256 e. The Morgan fingerprint density at radius 1 is 1.39 bits per heavy atom. The molecule has 0 radical (unpaired) electrons. The average molecular weight is 327 g/mol. The van der Waals surface area contributed by atoms with E-state index in [1.165, 1.54) is 11.8 Å². The van der Waals surface area contributed by atoms with E-state index in [1.54, 1.807) is 0 Å². The number of H-pyrrole nitrogens is 1. The largest absolute Gasteiger partial charge is 0.301 e. The van der Waals surface area contributed by atoms with Gasteiger partial charge in [-0.05, 0) is 24.5 Å². The Morgan fingerprint density at radius 3 is 3.13 bits per heavy atom. The van der Waals surface area contributed by atoms with E-state index in [-0.39, 0.29) is 5.56 Å². The van der Waals surface area contributed by atoms with Crippen molar-refractivity contribution in [1.82, 2.24) is 24.5 Å². The number of rotatable bonds is 3. The molecule has 1 aliphatic heterocycles. The first-order valence-corrected chi connectivity index (χ1v) is 8.77. The number of pyridine rings is 1. The highest BCUT2D eigenvalue weighted by molar-refractivity contribution is 7.98. The molecular formula is C16H17N5OS. The van der Waals surface area contributed by atoms with Gasteiger partial charge in [-0.1, -0.05) is 17.8 Å². The Hall–Kier alpha value is -2.12. The Bertz CT molecular complexity index is 883. The molecule has 23 heavy (non-hydrogen) atoms. The van der Waals surface area contributed by atoms with Crippen molar-refractivity contribution in [3.8, 4) is 0 Å². The lowest BCUT2D eigenvalue weighted by atomic mass is 10.1. The zero-order chi connectivity index (χ0) is 15.8. The number of nitrogens with zero attached hydrogens (tertiary/aromatic N) is 4. The van der Waals surface area contributed by atoms with E-state index >= 15 is 0 Å². The van der Waals surface area contributed by atoms with E-state index in [4.69, 9.17) is 0 Å². The molecule has 0 amide bonds. The van der Waals surface area contributed by atoms with Crippen LogP contribution in [0.2, 0.25) is 0 Å². The maximum absolute atomic E-state index is 12.2. The monoisotopic (exact) mass is 327 g/mol. The first-order chi connectivity index (χ1) is 11.2. The smallest absolute Gasteiger partial charge is 0.256 e. The second kappa shape index (κ2) is 5.82. The van der Waals surface area contributed by atoms with E-state index in [9.17, 15) is 4.79 Å². The molecule has 4 rings (SSSR count). The quantitative estimate of drug-likeness (QED) is 0.586. The summed E-state index contributed by atoms with van der Waals surface area (Å²) in [6, 6.07) is 8.11. The minimum Gasteiger partial charge on any atom is -0.301 e. The number of hydrogen-bond donors (Lipinski definition) is 1. The Labute approximate surface area is 137 Å². The molecule has 0 saturated carbocycles. The second-order valence-corrected chi connectivity index (χ2v) is 6.46. The summed E-state index contributed by atoms with van der Waals surface area (Å²) in [7, 11) is 0. The molecular weight excluding hydrogens is 310 g/mol. The molecule has 0 bridgehead atoms. The van der Waals surface area contributed by atoms with Crippen LogP contribution in [0.4, 0.5) is 0 Å². The first kappa shape index (κ1) is 14.5. The third-order valence-corrected chi connectivity index (χ3v) is 4.71. The van der Waals surface area contributed by atoms with Crippen molar-refractivity contribution in [2.45, 2.75) is 24.7 Å². The lowest BCUT2D eigenvalue weighted by Crippen LogP contribution is -2.35. The molecule has 0 aromatic carbocycles. The summed E-state index contributed by atoms with van der Waals surface area (Å²) in [6.45, 7) is 2.26. The van der Waals surface area contributed by atoms with Gasteiger partial charge >= 0.3 is 0 Å². The molecule has 1 N–H and O–H groups in total. The van der Waals surface area contributed by atoms with Crippen LogP contribution >= 0.6 is 11.8 Å². The summed E-state index contributed by atoms with van der Waals surface area (Å²) in [5, 5.41) is 5.28. The SMILES string of the molecule is CSc1nc2c(c(=O)[nH]1)CN(Cc1cc3ccccn3n1)CC2.